The minimum absolute atomic E-state index is 0.127. The van der Waals surface area contributed by atoms with Gasteiger partial charge in [-0.15, -0.1) is 0 Å². The largest absolute Gasteiger partial charge is 0.381 e. The molecule has 0 atom stereocenters. The molecule has 0 aliphatic carbocycles. The highest BCUT2D eigenvalue weighted by Crippen LogP contribution is 2.17. The Kier molecular flexibility index (Phi) is 4.68. The van der Waals surface area contributed by atoms with Gasteiger partial charge in [0.2, 0.25) is 0 Å². The first kappa shape index (κ1) is 15.6. The fraction of sp³-hybridized carbons (Fsp3) is 0.294. The molecule has 21 heavy (non-hydrogen) atoms. The van der Waals surface area contributed by atoms with Gasteiger partial charge in [-0.05, 0) is 49.2 Å². The van der Waals surface area contributed by atoms with Crippen LogP contribution in [-0.4, -0.2) is 14.2 Å². The molecule has 0 heterocycles. The summed E-state index contributed by atoms with van der Waals surface area (Å²) in [4.78, 5) is 0.377. The third-order valence-electron chi connectivity index (χ3n) is 3.57. The third-order valence-corrected chi connectivity index (χ3v) is 5.33. The van der Waals surface area contributed by atoms with Crippen molar-refractivity contribution in [1.82, 2.24) is 0 Å². The fourth-order valence-electron chi connectivity index (χ4n) is 2.19. The summed E-state index contributed by atoms with van der Waals surface area (Å²) in [6.45, 7) is 6.56. The van der Waals surface area contributed by atoms with E-state index in [1.807, 2.05) is 12.1 Å². The first-order valence-corrected chi connectivity index (χ1v) is 8.70. The van der Waals surface area contributed by atoms with Gasteiger partial charge in [0.15, 0.2) is 9.84 Å². The standard InChI is InChI=1S/C17H21NO2S/c1-4-21(19,20)17-9-7-16(8-10-17)18-12-15-6-5-13(2)11-14(15)3/h5-11,18H,4,12H2,1-3H3. The Labute approximate surface area is 126 Å². The predicted octanol–water partition coefficient (Wildman–Crippen LogP) is 3.71. The number of aryl methyl sites for hydroxylation is 2. The molecule has 0 saturated heterocycles. The zero-order valence-corrected chi connectivity index (χ0v) is 13.5. The highest BCUT2D eigenvalue weighted by molar-refractivity contribution is 7.91. The number of rotatable bonds is 5. The first-order valence-electron chi connectivity index (χ1n) is 7.05. The second-order valence-electron chi connectivity index (χ2n) is 5.21. The van der Waals surface area contributed by atoms with E-state index in [0.29, 0.717) is 4.90 Å². The summed E-state index contributed by atoms with van der Waals surface area (Å²) >= 11 is 0. The monoisotopic (exact) mass is 303 g/mol. The summed E-state index contributed by atoms with van der Waals surface area (Å²) in [5, 5.41) is 3.32. The van der Waals surface area contributed by atoms with E-state index in [9.17, 15) is 8.42 Å². The molecule has 0 saturated carbocycles. The van der Waals surface area contributed by atoms with Crippen LogP contribution in [0.5, 0.6) is 0 Å². The van der Waals surface area contributed by atoms with Crippen LogP contribution in [-0.2, 0) is 16.4 Å². The van der Waals surface area contributed by atoms with E-state index in [1.165, 1.54) is 16.7 Å². The molecule has 2 rings (SSSR count). The molecule has 3 nitrogen and oxygen atoms in total. The van der Waals surface area contributed by atoms with Crippen molar-refractivity contribution in [3.05, 3.63) is 59.2 Å². The Morgan fingerprint density at radius 1 is 1.00 bits per heavy atom. The van der Waals surface area contributed by atoms with E-state index in [2.05, 4.69) is 37.4 Å². The van der Waals surface area contributed by atoms with E-state index < -0.39 is 9.84 Å². The Hall–Kier alpha value is -1.81. The van der Waals surface area contributed by atoms with Crippen molar-refractivity contribution >= 4 is 15.5 Å². The molecule has 0 fully saturated rings. The lowest BCUT2D eigenvalue weighted by Crippen LogP contribution is -2.04. The van der Waals surface area contributed by atoms with Gasteiger partial charge in [-0.3, -0.25) is 0 Å². The molecule has 0 unspecified atom stereocenters. The average molecular weight is 303 g/mol. The lowest BCUT2D eigenvalue weighted by atomic mass is 10.1. The van der Waals surface area contributed by atoms with E-state index in [-0.39, 0.29) is 5.75 Å². The molecule has 4 heteroatoms. The molecule has 2 aromatic rings. The maximum atomic E-state index is 11.7. The maximum Gasteiger partial charge on any atom is 0.178 e. The summed E-state index contributed by atoms with van der Waals surface area (Å²) in [7, 11) is -3.12. The molecule has 1 N–H and O–H groups in total. The zero-order chi connectivity index (χ0) is 15.5. The van der Waals surface area contributed by atoms with E-state index in [0.717, 1.165) is 12.2 Å². The summed E-state index contributed by atoms with van der Waals surface area (Å²) in [6.07, 6.45) is 0. The van der Waals surface area contributed by atoms with Gasteiger partial charge in [-0.2, -0.15) is 0 Å². The quantitative estimate of drug-likeness (QED) is 0.916. The molecule has 112 valence electrons. The van der Waals surface area contributed by atoms with Crippen LogP contribution in [0, 0.1) is 13.8 Å². The lowest BCUT2D eigenvalue weighted by Gasteiger charge is -2.10. The summed E-state index contributed by atoms with van der Waals surface area (Å²) in [6, 6.07) is 13.3. The normalized spacial score (nSPS) is 11.4. The van der Waals surface area contributed by atoms with Crippen molar-refractivity contribution in [2.45, 2.75) is 32.2 Å². The van der Waals surface area contributed by atoms with Gasteiger partial charge >= 0.3 is 0 Å². The van der Waals surface area contributed by atoms with Gasteiger partial charge in [-0.1, -0.05) is 30.7 Å². The number of nitrogens with one attached hydrogen (secondary N) is 1. The Morgan fingerprint density at radius 2 is 1.67 bits per heavy atom. The minimum atomic E-state index is -3.12. The van der Waals surface area contributed by atoms with Gasteiger partial charge in [0.25, 0.3) is 0 Å². The van der Waals surface area contributed by atoms with Crippen molar-refractivity contribution in [3.8, 4) is 0 Å². The fourth-order valence-corrected chi connectivity index (χ4v) is 3.07. The van der Waals surface area contributed by atoms with Gasteiger partial charge in [0, 0.05) is 12.2 Å². The Morgan fingerprint density at radius 3 is 2.24 bits per heavy atom. The van der Waals surface area contributed by atoms with Crippen LogP contribution in [0.2, 0.25) is 0 Å². The number of sulfone groups is 1. The highest BCUT2D eigenvalue weighted by atomic mass is 32.2. The lowest BCUT2D eigenvalue weighted by molar-refractivity contribution is 0.597. The molecule has 0 aliphatic heterocycles. The van der Waals surface area contributed by atoms with Crippen molar-refractivity contribution in [1.29, 1.82) is 0 Å². The van der Waals surface area contributed by atoms with Gasteiger partial charge in [0.1, 0.15) is 0 Å². The molecular weight excluding hydrogens is 282 g/mol. The second-order valence-corrected chi connectivity index (χ2v) is 7.49. The van der Waals surface area contributed by atoms with E-state index in [1.54, 1.807) is 19.1 Å². The summed E-state index contributed by atoms with van der Waals surface area (Å²) in [5.74, 6) is 0.127. The van der Waals surface area contributed by atoms with Crippen molar-refractivity contribution in [2.24, 2.45) is 0 Å². The SMILES string of the molecule is CCS(=O)(=O)c1ccc(NCc2ccc(C)cc2C)cc1. The molecule has 0 bridgehead atoms. The van der Waals surface area contributed by atoms with Crippen LogP contribution in [0.25, 0.3) is 0 Å². The van der Waals surface area contributed by atoms with Crippen LogP contribution in [0.3, 0.4) is 0 Å². The Balaban J connectivity index is 2.07. The summed E-state index contributed by atoms with van der Waals surface area (Å²) < 4.78 is 23.5. The van der Waals surface area contributed by atoms with Gasteiger partial charge in [0.05, 0.1) is 10.6 Å². The average Bonchev–Trinajstić information content (AvgIpc) is 2.47. The number of benzene rings is 2. The number of hydrogen-bond acceptors (Lipinski definition) is 3. The topological polar surface area (TPSA) is 46.2 Å². The number of anilines is 1. The van der Waals surface area contributed by atoms with Crippen LogP contribution in [0.1, 0.15) is 23.6 Å². The number of hydrogen-bond donors (Lipinski definition) is 1. The molecule has 0 amide bonds. The first-order chi connectivity index (χ1) is 9.92. The predicted molar refractivity (Wildman–Crippen MR) is 87.4 cm³/mol. The van der Waals surface area contributed by atoms with Crippen LogP contribution < -0.4 is 5.32 Å². The van der Waals surface area contributed by atoms with Crippen LogP contribution in [0.15, 0.2) is 47.4 Å². The van der Waals surface area contributed by atoms with E-state index >= 15 is 0 Å². The maximum absolute atomic E-state index is 11.7. The summed E-state index contributed by atoms with van der Waals surface area (Å²) in [5.41, 5.74) is 4.67. The molecule has 2 aromatic carbocycles. The van der Waals surface area contributed by atoms with Gasteiger partial charge < -0.3 is 5.32 Å². The van der Waals surface area contributed by atoms with Crippen molar-refractivity contribution in [2.75, 3.05) is 11.1 Å². The minimum Gasteiger partial charge on any atom is -0.381 e. The third kappa shape index (κ3) is 3.85. The molecule has 0 spiro atoms. The van der Waals surface area contributed by atoms with E-state index in [4.69, 9.17) is 0 Å². The van der Waals surface area contributed by atoms with Crippen LogP contribution >= 0.6 is 0 Å². The van der Waals surface area contributed by atoms with Crippen molar-refractivity contribution in [3.63, 3.8) is 0 Å². The molecule has 0 aromatic heterocycles. The highest BCUT2D eigenvalue weighted by Gasteiger charge is 2.10. The van der Waals surface area contributed by atoms with Crippen molar-refractivity contribution < 1.29 is 8.42 Å². The molecular formula is C17H21NO2S. The second kappa shape index (κ2) is 6.31. The smallest absolute Gasteiger partial charge is 0.178 e. The molecule has 0 radical (unpaired) electrons. The van der Waals surface area contributed by atoms with Crippen LogP contribution in [0.4, 0.5) is 5.69 Å². The Bertz CT molecular complexity index is 719. The van der Waals surface area contributed by atoms with Gasteiger partial charge in [-0.25, -0.2) is 8.42 Å². The zero-order valence-electron chi connectivity index (χ0n) is 12.7. The molecule has 0 aliphatic rings.